The van der Waals surface area contributed by atoms with Crippen molar-refractivity contribution >= 4 is 11.7 Å². The fraction of sp³-hybridized carbons (Fsp3) is 0.133. The molecule has 0 aromatic carbocycles. The number of amides is 1. The van der Waals surface area contributed by atoms with Crippen LogP contribution in [-0.4, -0.2) is 27.6 Å². The van der Waals surface area contributed by atoms with Gasteiger partial charge in [0.05, 0.1) is 18.4 Å². The molecule has 5 nitrogen and oxygen atoms in total. The van der Waals surface area contributed by atoms with Crippen molar-refractivity contribution in [2.24, 2.45) is 0 Å². The van der Waals surface area contributed by atoms with Gasteiger partial charge in [0.1, 0.15) is 11.5 Å². The van der Waals surface area contributed by atoms with Gasteiger partial charge in [0.2, 0.25) is 0 Å². The van der Waals surface area contributed by atoms with Crippen molar-refractivity contribution in [2.75, 3.05) is 11.9 Å². The lowest BCUT2D eigenvalue weighted by atomic mass is 10.2. The molecule has 2 N–H and O–H groups in total. The SMILES string of the molecule is O=C(Nc1cccc(C#CCCO)n1)c1ccncc1F. The van der Waals surface area contributed by atoms with Gasteiger partial charge in [0, 0.05) is 12.6 Å². The van der Waals surface area contributed by atoms with Crippen LogP contribution in [0.25, 0.3) is 0 Å². The molecule has 21 heavy (non-hydrogen) atoms. The highest BCUT2D eigenvalue weighted by atomic mass is 19.1. The Balaban J connectivity index is 2.14. The summed E-state index contributed by atoms with van der Waals surface area (Å²) in [4.78, 5) is 19.6. The van der Waals surface area contributed by atoms with Gasteiger partial charge in [-0.1, -0.05) is 12.0 Å². The van der Waals surface area contributed by atoms with Gasteiger partial charge in [0.15, 0.2) is 5.82 Å². The zero-order valence-corrected chi connectivity index (χ0v) is 11.0. The van der Waals surface area contributed by atoms with Crippen molar-refractivity contribution in [3.63, 3.8) is 0 Å². The van der Waals surface area contributed by atoms with Gasteiger partial charge >= 0.3 is 0 Å². The van der Waals surface area contributed by atoms with Crippen LogP contribution in [0.5, 0.6) is 0 Å². The number of halogens is 1. The number of nitrogens with one attached hydrogen (secondary N) is 1. The number of anilines is 1. The number of pyridine rings is 2. The molecule has 0 unspecified atom stereocenters. The molecule has 1 amide bonds. The summed E-state index contributed by atoms with van der Waals surface area (Å²) in [6.45, 7) is -0.0231. The first-order valence-electron chi connectivity index (χ1n) is 6.18. The molecule has 0 aliphatic heterocycles. The zero-order chi connectivity index (χ0) is 15.1. The van der Waals surface area contributed by atoms with Crippen LogP contribution in [0.2, 0.25) is 0 Å². The van der Waals surface area contributed by atoms with Crippen LogP contribution >= 0.6 is 0 Å². The maximum atomic E-state index is 13.4. The quantitative estimate of drug-likeness (QED) is 0.840. The van der Waals surface area contributed by atoms with Gasteiger partial charge < -0.3 is 10.4 Å². The second kappa shape index (κ2) is 7.12. The predicted molar refractivity (Wildman–Crippen MR) is 75.0 cm³/mol. The maximum absolute atomic E-state index is 13.4. The van der Waals surface area contributed by atoms with Crippen LogP contribution in [0, 0.1) is 17.7 Å². The van der Waals surface area contributed by atoms with Crippen molar-refractivity contribution in [2.45, 2.75) is 6.42 Å². The number of carbonyl (C=O) groups excluding carboxylic acids is 1. The van der Waals surface area contributed by atoms with Crippen molar-refractivity contribution in [3.05, 3.63) is 53.7 Å². The van der Waals surface area contributed by atoms with Crippen LogP contribution in [-0.2, 0) is 0 Å². The Hall–Kier alpha value is -2.78. The minimum atomic E-state index is -0.700. The van der Waals surface area contributed by atoms with E-state index in [9.17, 15) is 9.18 Å². The van der Waals surface area contributed by atoms with Crippen molar-refractivity contribution in [1.29, 1.82) is 0 Å². The number of nitrogens with zero attached hydrogens (tertiary/aromatic N) is 2. The van der Waals surface area contributed by atoms with Crippen molar-refractivity contribution < 1.29 is 14.3 Å². The Kier molecular flexibility index (Phi) is 4.96. The topological polar surface area (TPSA) is 75.1 Å². The van der Waals surface area contributed by atoms with E-state index in [1.165, 1.54) is 12.3 Å². The third-order valence-electron chi connectivity index (χ3n) is 2.46. The minimum Gasteiger partial charge on any atom is -0.395 e. The highest BCUT2D eigenvalue weighted by Gasteiger charge is 2.11. The third kappa shape index (κ3) is 4.09. The summed E-state index contributed by atoms with van der Waals surface area (Å²) >= 11 is 0. The number of rotatable bonds is 3. The highest BCUT2D eigenvalue weighted by Crippen LogP contribution is 2.09. The largest absolute Gasteiger partial charge is 0.395 e. The molecule has 0 fully saturated rings. The maximum Gasteiger partial charge on any atom is 0.259 e. The van der Waals surface area contributed by atoms with E-state index in [-0.39, 0.29) is 18.0 Å². The summed E-state index contributed by atoms with van der Waals surface area (Å²) < 4.78 is 13.4. The smallest absolute Gasteiger partial charge is 0.259 e. The number of aromatic nitrogens is 2. The molecular formula is C15H12FN3O2. The standard InChI is InChI=1S/C15H12FN3O2/c16-13-10-17-8-7-12(13)15(21)19-14-6-3-5-11(18-14)4-1-2-9-20/h3,5-8,10,20H,2,9H2,(H,18,19,21). The van der Waals surface area contributed by atoms with Gasteiger partial charge in [-0.25, -0.2) is 9.37 Å². The van der Waals surface area contributed by atoms with E-state index in [2.05, 4.69) is 27.1 Å². The highest BCUT2D eigenvalue weighted by molar-refractivity contribution is 6.03. The van der Waals surface area contributed by atoms with Crippen LogP contribution < -0.4 is 5.32 Å². The van der Waals surface area contributed by atoms with E-state index in [4.69, 9.17) is 5.11 Å². The molecule has 0 saturated carbocycles. The van der Waals surface area contributed by atoms with Crippen molar-refractivity contribution in [3.8, 4) is 11.8 Å². The molecule has 0 atom stereocenters. The second-order valence-electron chi connectivity index (χ2n) is 3.99. The molecule has 6 heteroatoms. The number of carbonyl (C=O) groups is 1. The van der Waals surface area contributed by atoms with Crippen LogP contribution in [0.3, 0.4) is 0 Å². The first kappa shape index (κ1) is 14.6. The lowest BCUT2D eigenvalue weighted by Crippen LogP contribution is -2.15. The van der Waals surface area contributed by atoms with Gasteiger partial charge in [-0.2, -0.15) is 0 Å². The Morgan fingerprint density at radius 1 is 1.38 bits per heavy atom. The van der Waals surface area contributed by atoms with Crippen LogP contribution in [0.4, 0.5) is 10.2 Å². The lowest BCUT2D eigenvalue weighted by molar-refractivity contribution is 0.102. The van der Waals surface area contributed by atoms with E-state index in [0.717, 1.165) is 6.20 Å². The summed E-state index contributed by atoms with van der Waals surface area (Å²) in [5, 5.41) is 11.1. The zero-order valence-electron chi connectivity index (χ0n) is 11.0. The minimum absolute atomic E-state index is 0.0231. The first-order chi connectivity index (χ1) is 10.2. The Labute approximate surface area is 120 Å². The normalized spacial score (nSPS) is 9.62. The summed E-state index contributed by atoms with van der Waals surface area (Å²) in [5.74, 6) is 4.44. The average Bonchev–Trinajstić information content (AvgIpc) is 2.48. The number of hydrogen-bond donors (Lipinski definition) is 2. The molecule has 106 valence electrons. The summed E-state index contributed by atoms with van der Waals surface area (Å²) in [5.41, 5.74) is 0.347. The Morgan fingerprint density at radius 2 is 2.24 bits per heavy atom. The molecule has 0 bridgehead atoms. The molecule has 2 aromatic rings. The lowest BCUT2D eigenvalue weighted by Gasteiger charge is -2.05. The molecule has 0 spiro atoms. The molecule has 0 saturated heterocycles. The molecule has 2 heterocycles. The van der Waals surface area contributed by atoms with Gasteiger partial charge in [-0.05, 0) is 24.1 Å². The van der Waals surface area contributed by atoms with Gasteiger partial charge in [-0.15, -0.1) is 0 Å². The van der Waals surface area contributed by atoms with E-state index >= 15 is 0 Å². The molecule has 2 aromatic heterocycles. The van der Waals surface area contributed by atoms with Crippen LogP contribution in [0.1, 0.15) is 22.5 Å². The monoisotopic (exact) mass is 285 g/mol. The third-order valence-corrected chi connectivity index (χ3v) is 2.46. The first-order valence-corrected chi connectivity index (χ1v) is 6.18. The van der Waals surface area contributed by atoms with Crippen molar-refractivity contribution in [1.82, 2.24) is 9.97 Å². The summed E-state index contributed by atoms with van der Waals surface area (Å²) in [7, 11) is 0. The van der Waals surface area contributed by atoms with Gasteiger partial charge in [0.25, 0.3) is 5.91 Å². The number of hydrogen-bond acceptors (Lipinski definition) is 4. The number of aliphatic hydroxyl groups excluding tert-OH is 1. The van der Waals surface area contributed by atoms with Gasteiger partial charge in [-0.3, -0.25) is 9.78 Å². The number of aliphatic hydroxyl groups is 1. The van der Waals surface area contributed by atoms with E-state index < -0.39 is 11.7 Å². The Morgan fingerprint density at radius 3 is 3.00 bits per heavy atom. The average molecular weight is 285 g/mol. The van der Waals surface area contributed by atoms with Crippen LogP contribution in [0.15, 0.2) is 36.7 Å². The van der Waals surface area contributed by atoms with E-state index in [0.29, 0.717) is 12.1 Å². The fourth-order valence-electron chi connectivity index (χ4n) is 1.53. The molecule has 2 rings (SSSR count). The fourth-order valence-corrected chi connectivity index (χ4v) is 1.53. The second-order valence-corrected chi connectivity index (χ2v) is 3.99. The molecular weight excluding hydrogens is 273 g/mol. The Bertz CT molecular complexity index is 707. The van der Waals surface area contributed by atoms with E-state index in [1.807, 2.05) is 0 Å². The molecule has 0 aliphatic rings. The molecule has 0 aliphatic carbocycles. The summed E-state index contributed by atoms with van der Waals surface area (Å²) in [6, 6.07) is 6.21. The molecule has 0 radical (unpaired) electrons. The summed E-state index contributed by atoms with van der Waals surface area (Å²) in [6.07, 6.45) is 2.65. The predicted octanol–water partition coefficient (Wildman–Crippen LogP) is 1.60. The van der Waals surface area contributed by atoms with E-state index in [1.54, 1.807) is 18.2 Å².